The van der Waals surface area contributed by atoms with Crippen molar-refractivity contribution < 1.29 is 0 Å². The molecule has 3 rings (SSSR count). The van der Waals surface area contributed by atoms with Crippen LogP contribution in [0.3, 0.4) is 0 Å². The molecule has 4 unspecified atom stereocenters. The molecular formula is C8H13N. The van der Waals surface area contributed by atoms with Gasteiger partial charge in [0.25, 0.3) is 0 Å². The summed E-state index contributed by atoms with van der Waals surface area (Å²) in [5, 5.41) is 0. The topological polar surface area (TPSA) is 26.0 Å². The Morgan fingerprint density at radius 1 is 1.11 bits per heavy atom. The maximum atomic E-state index is 5.82. The van der Waals surface area contributed by atoms with E-state index in [0.717, 1.165) is 23.7 Å². The fourth-order valence-electron chi connectivity index (χ4n) is 2.77. The minimum Gasteiger partial charge on any atom is -0.327 e. The Balaban J connectivity index is 1.73. The second kappa shape index (κ2) is 1.20. The Kier molecular flexibility index (Phi) is 0.628. The minimum atomic E-state index is 0.612. The molecule has 2 N–H and O–H groups in total. The third-order valence-electron chi connectivity index (χ3n) is 3.50. The van der Waals surface area contributed by atoms with Crippen molar-refractivity contribution in [2.45, 2.75) is 25.3 Å². The summed E-state index contributed by atoms with van der Waals surface area (Å²) >= 11 is 0. The highest BCUT2D eigenvalue weighted by Crippen LogP contribution is 2.68. The molecule has 0 aromatic heterocycles. The molecule has 4 atom stereocenters. The Hall–Kier alpha value is -0.0400. The quantitative estimate of drug-likeness (QED) is 0.553. The highest BCUT2D eigenvalue weighted by molar-refractivity contribution is 5.16. The SMILES string of the molecule is NC1CC2C1C2C1CC1. The van der Waals surface area contributed by atoms with Gasteiger partial charge in [-0.2, -0.15) is 0 Å². The minimum absolute atomic E-state index is 0.612. The third-order valence-corrected chi connectivity index (χ3v) is 3.50. The molecule has 0 aromatic carbocycles. The van der Waals surface area contributed by atoms with Crippen molar-refractivity contribution in [2.24, 2.45) is 29.4 Å². The van der Waals surface area contributed by atoms with Crippen LogP contribution >= 0.6 is 0 Å². The summed E-state index contributed by atoms with van der Waals surface area (Å²) in [6, 6.07) is 0.612. The van der Waals surface area contributed by atoms with Crippen molar-refractivity contribution in [3.8, 4) is 0 Å². The summed E-state index contributed by atoms with van der Waals surface area (Å²) in [6.45, 7) is 0. The lowest BCUT2D eigenvalue weighted by atomic mass is 9.95. The van der Waals surface area contributed by atoms with Crippen LogP contribution in [0.25, 0.3) is 0 Å². The van der Waals surface area contributed by atoms with E-state index in [1.54, 1.807) is 0 Å². The first-order valence-electron chi connectivity index (χ1n) is 4.13. The van der Waals surface area contributed by atoms with Crippen LogP contribution in [0, 0.1) is 23.7 Å². The molecule has 50 valence electrons. The number of hydrogen-bond donors (Lipinski definition) is 1. The van der Waals surface area contributed by atoms with Gasteiger partial charge in [-0.3, -0.25) is 0 Å². The van der Waals surface area contributed by atoms with E-state index in [9.17, 15) is 0 Å². The number of fused-ring (bicyclic) bond motifs is 1. The van der Waals surface area contributed by atoms with Gasteiger partial charge in [0.2, 0.25) is 0 Å². The van der Waals surface area contributed by atoms with Gasteiger partial charge >= 0.3 is 0 Å². The maximum Gasteiger partial charge on any atom is 0.00756 e. The predicted molar refractivity (Wildman–Crippen MR) is 35.8 cm³/mol. The molecule has 0 heterocycles. The van der Waals surface area contributed by atoms with E-state index < -0.39 is 0 Å². The smallest absolute Gasteiger partial charge is 0.00756 e. The van der Waals surface area contributed by atoms with E-state index in [0.29, 0.717) is 6.04 Å². The molecule has 3 fully saturated rings. The molecule has 0 aliphatic heterocycles. The summed E-state index contributed by atoms with van der Waals surface area (Å²) < 4.78 is 0. The van der Waals surface area contributed by atoms with Crippen LogP contribution in [0.5, 0.6) is 0 Å². The number of hydrogen-bond acceptors (Lipinski definition) is 1. The zero-order valence-electron chi connectivity index (χ0n) is 5.59. The standard InChI is InChI=1S/C8H13N/c9-6-3-5-7(8(5)6)4-1-2-4/h4-8H,1-3,9H2. The van der Waals surface area contributed by atoms with Crippen molar-refractivity contribution in [1.29, 1.82) is 0 Å². The number of rotatable bonds is 1. The fraction of sp³-hybridized carbons (Fsp3) is 1.00. The van der Waals surface area contributed by atoms with Gasteiger partial charge in [-0.15, -0.1) is 0 Å². The summed E-state index contributed by atoms with van der Waals surface area (Å²) in [5.74, 6) is 4.35. The average molecular weight is 123 g/mol. The van der Waals surface area contributed by atoms with Crippen LogP contribution in [-0.4, -0.2) is 6.04 Å². The normalized spacial score (nSPS) is 62.3. The molecule has 1 nitrogen and oxygen atoms in total. The largest absolute Gasteiger partial charge is 0.327 e. The monoisotopic (exact) mass is 123 g/mol. The van der Waals surface area contributed by atoms with Gasteiger partial charge in [-0.05, 0) is 42.9 Å². The van der Waals surface area contributed by atoms with Crippen molar-refractivity contribution in [3.05, 3.63) is 0 Å². The van der Waals surface area contributed by atoms with Crippen LogP contribution < -0.4 is 5.73 Å². The summed E-state index contributed by atoms with van der Waals surface area (Å²) in [4.78, 5) is 0. The van der Waals surface area contributed by atoms with Crippen LogP contribution in [0.2, 0.25) is 0 Å². The van der Waals surface area contributed by atoms with E-state index in [4.69, 9.17) is 5.73 Å². The Labute approximate surface area is 55.6 Å². The second-order valence-electron chi connectivity index (χ2n) is 4.06. The van der Waals surface area contributed by atoms with Crippen molar-refractivity contribution in [2.75, 3.05) is 0 Å². The van der Waals surface area contributed by atoms with Crippen molar-refractivity contribution in [3.63, 3.8) is 0 Å². The fourth-order valence-corrected chi connectivity index (χ4v) is 2.77. The van der Waals surface area contributed by atoms with Crippen LogP contribution in [-0.2, 0) is 0 Å². The van der Waals surface area contributed by atoms with Gasteiger partial charge in [0.1, 0.15) is 0 Å². The van der Waals surface area contributed by atoms with E-state index in [2.05, 4.69) is 0 Å². The maximum absolute atomic E-state index is 5.82. The van der Waals surface area contributed by atoms with Crippen LogP contribution in [0.1, 0.15) is 19.3 Å². The van der Waals surface area contributed by atoms with E-state index in [1.165, 1.54) is 19.3 Å². The molecule has 3 aliphatic rings. The van der Waals surface area contributed by atoms with Gasteiger partial charge in [-0.1, -0.05) is 0 Å². The molecule has 0 saturated heterocycles. The highest BCUT2D eigenvalue weighted by Gasteiger charge is 2.65. The van der Waals surface area contributed by atoms with Gasteiger partial charge in [0.05, 0.1) is 0 Å². The van der Waals surface area contributed by atoms with E-state index in [-0.39, 0.29) is 0 Å². The summed E-state index contributed by atoms with van der Waals surface area (Å²) in [5.41, 5.74) is 5.82. The van der Waals surface area contributed by atoms with Gasteiger partial charge in [0, 0.05) is 6.04 Å². The van der Waals surface area contributed by atoms with Crippen LogP contribution in [0.4, 0.5) is 0 Å². The summed E-state index contributed by atoms with van der Waals surface area (Å²) in [7, 11) is 0. The average Bonchev–Trinajstić information content (AvgIpc) is 2.55. The van der Waals surface area contributed by atoms with Gasteiger partial charge < -0.3 is 5.73 Å². The number of nitrogens with two attached hydrogens (primary N) is 1. The Morgan fingerprint density at radius 2 is 1.89 bits per heavy atom. The molecule has 0 bridgehead atoms. The van der Waals surface area contributed by atoms with Gasteiger partial charge in [0.15, 0.2) is 0 Å². The Bertz CT molecular complexity index is 151. The lowest BCUT2D eigenvalue weighted by Gasteiger charge is -2.18. The molecule has 0 spiro atoms. The Morgan fingerprint density at radius 3 is 2.22 bits per heavy atom. The second-order valence-corrected chi connectivity index (χ2v) is 4.06. The first kappa shape index (κ1) is 4.73. The third kappa shape index (κ3) is 0.454. The lowest BCUT2D eigenvalue weighted by Crippen LogP contribution is -2.31. The summed E-state index contributed by atoms with van der Waals surface area (Å²) in [6.07, 6.45) is 4.39. The first-order valence-corrected chi connectivity index (χ1v) is 4.13. The van der Waals surface area contributed by atoms with Crippen molar-refractivity contribution >= 4 is 0 Å². The van der Waals surface area contributed by atoms with E-state index >= 15 is 0 Å². The molecule has 3 aliphatic carbocycles. The zero-order valence-corrected chi connectivity index (χ0v) is 5.59. The lowest BCUT2D eigenvalue weighted by molar-refractivity contribution is 0.387. The van der Waals surface area contributed by atoms with Crippen molar-refractivity contribution in [1.82, 2.24) is 0 Å². The molecule has 9 heavy (non-hydrogen) atoms. The van der Waals surface area contributed by atoms with Crippen LogP contribution in [0.15, 0.2) is 0 Å². The first-order chi connectivity index (χ1) is 4.38. The molecule has 0 amide bonds. The van der Waals surface area contributed by atoms with Gasteiger partial charge in [-0.25, -0.2) is 0 Å². The predicted octanol–water partition coefficient (Wildman–Crippen LogP) is 0.990. The zero-order chi connectivity index (χ0) is 6.01. The van der Waals surface area contributed by atoms with E-state index in [1.807, 2.05) is 0 Å². The molecule has 0 radical (unpaired) electrons. The molecule has 3 saturated carbocycles. The molecule has 1 heteroatoms. The molecular weight excluding hydrogens is 110 g/mol. The molecule has 0 aromatic rings. The highest BCUT2D eigenvalue weighted by atomic mass is 14.8.